The van der Waals surface area contributed by atoms with Crippen molar-refractivity contribution in [3.05, 3.63) is 42.2 Å². The van der Waals surface area contributed by atoms with E-state index in [9.17, 15) is 0 Å². The Labute approximate surface area is 116 Å². The van der Waals surface area contributed by atoms with E-state index in [1.54, 1.807) is 12.4 Å². The summed E-state index contributed by atoms with van der Waals surface area (Å²) in [6.45, 7) is 4.33. The molecule has 3 N–H and O–H groups in total. The molecule has 2 aromatic heterocycles. The molecule has 0 aliphatic heterocycles. The zero-order chi connectivity index (χ0) is 14.1. The summed E-state index contributed by atoms with van der Waals surface area (Å²) in [4.78, 5) is 0. The van der Waals surface area contributed by atoms with Crippen molar-refractivity contribution in [3.8, 4) is 22.5 Å². The van der Waals surface area contributed by atoms with Gasteiger partial charge in [0.2, 0.25) is 0 Å². The summed E-state index contributed by atoms with van der Waals surface area (Å²) in [6, 6.07) is 8.29. The molecule has 20 heavy (non-hydrogen) atoms. The van der Waals surface area contributed by atoms with Gasteiger partial charge in [0, 0.05) is 6.20 Å². The number of hydrogen-bond acceptors (Lipinski definition) is 4. The summed E-state index contributed by atoms with van der Waals surface area (Å²) in [6.07, 6.45) is 3.44. The Morgan fingerprint density at radius 2 is 1.90 bits per heavy atom. The summed E-state index contributed by atoms with van der Waals surface area (Å²) in [7, 11) is 0. The summed E-state index contributed by atoms with van der Waals surface area (Å²) in [5.74, 6) is 1.52. The summed E-state index contributed by atoms with van der Waals surface area (Å²) in [5, 5.41) is 10.6. The Balaban J connectivity index is 2.08. The average Bonchev–Trinajstić information content (AvgIpc) is 3.07. The van der Waals surface area contributed by atoms with Gasteiger partial charge in [-0.2, -0.15) is 5.10 Å². The van der Waals surface area contributed by atoms with Gasteiger partial charge in [-0.3, -0.25) is 5.10 Å². The minimum Gasteiger partial charge on any atom is -0.380 e. The maximum atomic E-state index is 5.94. The highest BCUT2D eigenvalue weighted by Gasteiger charge is 2.18. The highest BCUT2D eigenvalue weighted by Crippen LogP contribution is 2.36. The van der Waals surface area contributed by atoms with Crippen molar-refractivity contribution in [1.82, 2.24) is 15.4 Å². The van der Waals surface area contributed by atoms with Gasteiger partial charge in [-0.15, -0.1) is 0 Å². The van der Waals surface area contributed by atoms with Crippen LogP contribution in [0.4, 0.5) is 5.82 Å². The number of nitrogens with zero attached hydrogens (tertiary/aromatic N) is 2. The lowest BCUT2D eigenvalue weighted by atomic mass is 9.98. The normalized spacial score (nSPS) is 11.2. The summed E-state index contributed by atoms with van der Waals surface area (Å²) in [5.41, 5.74) is 9.86. The van der Waals surface area contributed by atoms with E-state index in [0.29, 0.717) is 17.5 Å². The largest absolute Gasteiger partial charge is 0.380 e. The minimum absolute atomic E-state index is 0.387. The number of aromatic nitrogens is 3. The first-order valence-corrected chi connectivity index (χ1v) is 6.51. The molecule has 102 valence electrons. The number of nitrogens with one attached hydrogen (secondary N) is 1. The van der Waals surface area contributed by atoms with E-state index < -0.39 is 0 Å². The Bertz CT molecular complexity index is 696. The van der Waals surface area contributed by atoms with Crippen molar-refractivity contribution < 1.29 is 4.52 Å². The van der Waals surface area contributed by atoms with Crippen LogP contribution in [0.1, 0.15) is 25.3 Å². The smallest absolute Gasteiger partial charge is 0.180 e. The number of H-pyrrole nitrogens is 1. The fourth-order valence-electron chi connectivity index (χ4n) is 2.19. The summed E-state index contributed by atoms with van der Waals surface area (Å²) < 4.78 is 5.34. The van der Waals surface area contributed by atoms with Crippen LogP contribution in [0.25, 0.3) is 22.5 Å². The first kappa shape index (κ1) is 12.5. The quantitative estimate of drug-likeness (QED) is 0.762. The van der Waals surface area contributed by atoms with E-state index in [2.05, 4.69) is 41.3 Å². The predicted octanol–water partition coefficient (Wildman–Crippen LogP) is 3.44. The van der Waals surface area contributed by atoms with Gasteiger partial charge < -0.3 is 10.3 Å². The maximum absolute atomic E-state index is 5.94. The number of benzene rings is 1. The zero-order valence-electron chi connectivity index (χ0n) is 11.4. The molecule has 0 bridgehead atoms. The van der Waals surface area contributed by atoms with Crippen LogP contribution in [0.3, 0.4) is 0 Å². The average molecular weight is 268 g/mol. The van der Waals surface area contributed by atoms with E-state index in [1.807, 2.05) is 12.1 Å². The number of anilines is 1. The van der Waals surface area contributed by atoms with Gasteiger partial charge in [0.15, 0.2) is 11.6 Å². The molecule has 0 saturated heterocycles. The van der Waals surface area contributed by atoms with Crippen molar-refractivity contribution in [2.24, 2.45) is 0 Å². The standard InChI is InChI=1S/C15H16N4O/c1-9(2)10-3-5-11(6-4-10)13-14(20-19-15(13)16)12-7-17-18-8-12/h3-9H,1-2H3,(H2,16,19)(H,17,18). The van der Waals surface area contributed by atoms with Gasteiger partial charge in [0.1, 0.15) is 0 Å². The molecule has 0 aliphatic rings. The maximum Gasteiger partial charge on any atom is 0.180 e. The minimum atomic E-state index is 0.387. The summed E-state index contributed by atoms with van der Waals surface area (Å²) >= 11 is 0. The second-order valence-electron chi connectivity index (χ2n) is 5.04. The fraction of sp³-hybridized carbons (Fsp3) is 0.200. The molecule has 0 atom stereocenters. The first-order valence-electron chi connectivity index (χ1n) is 6.51. The van der Waals surface area contributed by atoms with E-state index in [-0.39, 0.29) is 0 Å². The topological polar surface area (TPSA) is 80.7 Å². The predicted molar refractivity (Wildman–Crippen MR) is 78.0 cm³/mol. The second-order valence-corrected chi connectivity index (χ2v) is 5.04. The molecular formula is C15H16N4O. The molecule has 5 nitrogen and oxygen atoms in total. The second kappa shape index (κ2) is 4.85. The lowest BCUT2D eigenvalue weighted by Gasteiger charge is -2.06. The molecule has 3 rings (SSSR count). The van der Waals surface area contributed by atoms with Gasteiger partial charge in [-0.25, -0.2) is 0 Å². The van der Waals surface area contributed by atoms with Crippen LogP contribution >= 0.6 is 0 Å². The van der Waals surface area contributed by atoms with E-state index in [0.717, 1.165) is 16.7 Å². The molecule has 0 fully saturated rings. The van der Waals surface area contributed by atoms with Crippen molar-refractivity contribution in [1.29, 1.82) is 0 Å². The molecule has 0 saturated carbocycles. The Hall–Kier alpha value is -2.56. The van der Waals surface area contributed by atoms with Crippen LogP contribution in [-0.2, 0) is 0 Å². The van der Waals surface area contributed by atoms with Crippen LogP contribution in [0.2, 0.25) is 0 Å². The van der Waals surface area contributed by atoms with E-state index in [1.165, 1.54) is 5.56 Å². The Morgan fingerprint density at radius 3 is 2.50 bits per heavy atom. The third-order valence-corrected chi connectivity index (χ3v) is 3.34. The van der Waals surface area contributed by atoms with Crippen LogP contribution < -0.4 is 5.73 Å². The highest BCUT2D eigenvalue weighted by atomic mass is 16.5. The molecule has 0 amide bonds. The molecule has 1 aromatic carbocycles. The van der Waals surface area contributed by atoms with Gasteiger partial charge in [0.25, 0.3) is 0 Å². The van der Waals surface area contributed by atoms with E-state index in [4.69, 9.17) is 10.3 Å². The zero-order valence-corrected chi connectivity index (χ0v) is 11.4. The fourth-order valence-corrected chi connectivity index (χ4v) is 2.19. The molecule has 0 unspecified atom stereocenters. The van der Waals surface area contributed by atoms with Gasteiger partial charge in [-0.05, 0) is 17.0 Å². The molecule has 5 heteroatoms. The van der Waals surface area contributed by atoms with Crippen molar-refractivity contribution in [2.75, 3.05) is 5.73 Å². The molecule has 0 aliphatic carbocycles. The number of rotatable bonds is 3. The Kier molecular flexibility index (Phi) is 3.02. The van der Waals surface area contributed by atoms with Crippen LogP contribution in [0.15, 0.2) is 41.2 Å². The molecule has 2 heterocycles. The van der Waals surface area contributed by atoms with E-state index >= 15 is 0 Å². The Morgan fingerprint density at radius 1 is 1.15 bits per heavy atom. The number of hydrogen-bond donors (Lipinski definition) is 2. The first-order chi connectivity index (χ1) is 9.66. The molecular weight excluding hydrogens is 252 g/mol. The van der Waals surface area contributed by atoms with Crippen LogP contribution in [-0.4, -0.2) is 15.4 Å². The number of aromatic amines is 1. The molecule has 0 spiro atoms. The highest BCUT2D eigenvalue weighted by molar-refractivity contribution is 5.86. The van der Waals surface area contributed by atoms with Gasteiger partial charge in [-0.1, -0.05) is 43.3 Å². The van der Waals surface area contributed by atoms with Gasteiger partial charge >= 0.3 is 0 Å². The number of nitrogens with two attached hydrogens (primary N) is 1. The third kappa shape index (κ3) is 2.07. The van der Waals surface area contributed by atoms with Crippen LogP contribution in [0, 0.1) is 0 Å². The molecule has 3 aromatic rings. The monoisotopic (exact) mass is 268 g/mol. The van der Waals surface area contributed by atoms with Crippen LogP contribution in [0.5, 0.6) is 0 Å². The van der Waals surface area contributed by atoms with Crippen molar-refractivity contribution in [3.63, 3.8) is 0 Å². The number of nitrogen functional groups attached to an aromatic ring is 1. The molecule has 0 radical (unpaired) electrons. The van der Waals surface area contributed by atoms with Crippen molar-refractivity contribution >= 4 is 5.82 Å². The van der Waals surface area contributed by atoms with Crippen molar-refractivity contribution in [2.45, 2.75) is 19.8 Å². The van der Waals surface area contributed by atoms with Gasteiger partial charge in [0.05, 0.1) is 17.3 Å². The lowest BCUT2D eigenvalue weighted by molar-refractivity contribution is 0.436. The SMILES string of the molecule is CC(C)c1ccc(-c2c(N)noc2-c2cn[nH]c2)cc1. The lowest BCUT2D eigenvalue weighted by Crippen LogP contribution is -1.90. The third-order valence-electron chi connectivity index (χ3n) is 3.34.